The normalized spacial score (nSPS) is 10.7. The topological polar surface area (TPSA) is 60.5 Å². The van der Waals surface area contributed by atoms with Crippen LogP contribution in [0.5, 0.6) is 11.5 Å². The Bertz CT molecular complexity index is 862. The summed E-state index contributed by atoms with van der Waals surface area (Å²) in [6, 6.07) is 13.4. The van der Waals surface area contributed by atoms with Gasteiger partial charge >= 0.3 is 0 Å². The van der Waals surface area contributed by atoms with Gasteiger partial charge in [0.25, 0.3) is 0 Å². The van der Waals surface area contributed by atoms with E-state index in [9.17, 15) is 4.79 Å². The number of carbonyl (C=O) groups excluding carboxylic acids is 1. The average molecular weight is 389 g/mol. The van der Waals surface area contributed by atoms with Crippen molar-refractivity contribution in [2.75, 3.05) is 25.3 Å². The molecule has 0 aliphatic carbocycles. The van der Waals surface area contributed by atoms with Gasteiger partial charge in [-0.2, -0.15) is 0 Å². The number of thioether (sulfide) groups is 1. The molecule has 5 nitrogen and oxygen atoms in total. The van der Waals surface area contributed by atoms with Crippen LogP contribution < -0.4 is 14.8 Å². The highest BCUT2D eigenvalue weighted by Gasteiger charge is 2.10. The van der Waals surface area contributed by atoms with Crippen molar-refractivity contribution >= 4 is 44.9 Å². The average Bonchev–Trinajstić information content (AvgIpc) is 3.08. The second-order valence-electron chi connectivity index (χ2n) is 5.51. The molecule has 1 heterocycles. The molecule has 0 fully saturated rings. The van der Waals surface area contributed by atoms with Crippen LogP contribution in [0.4, 0.5) is 5.69 Å². The number of amides is 1. The third kappa shape index (κ3) is 4.68. The van der Waals surface area contributed by atoms with Crippen molar-refractivity contribution in [1.82, 2.24) is 4.98 Å². The minimum absolute atomic E-state index is 0.0403. The molecule has 0 atom stereocenters. The Kier molecular flexibility index (Phi) is 6.35. The van der Waals surface area contributed by atoms with E-state index in [0.29, 0.717) is 23.6 Å². The van der Waals surface area contributed by atoms with Crippen LogP contribution in [0.3, 0.4) is 0 Å². The van der Waals surface area contributed by atoms with E-state index in [1.165, 1.54) is 4.70 Å². The maximum atomic E-state index is 12.2. The zero-order chi connectivity index (χ0) is 18.4. The predicted molar refractivity (Wildman–Crippen MR) is 108 cm³/mol. The van der Waals surface area contributed by atoms with Crippen LogP contribution in [0.15, 0.2) is 46.8 Å². The van der Waals surface area contributed by atoms with Gasteiger partial charge in [-0.3, -0.25) is 4.79 Å². The molecule has 0 aliphatic heterocycles. The molecule has 136 valence electrons. The van der Waals surface area contributed by atoms with E-state index < -0.39 is 0 Å². The molecule has 0 saturated carbocycles. The lowest BCUT2D eigenvalue weighted by Gasteiger charge is -2.11. The van der Waals surface area contributed by atoms with Crippen molar-refractivity contribution in [2.24, 2.45) is 0 Å². The minimum atomic E-state index is -0.0403. The molecule has 0 bridgehead atoms. The molecule has 2 aromatic carbocycles. The number of nitrogens with zero attached hydrogens (tertiary/aromatic N) is 1. The maximum absolute atomic E-state index is 12.2. The van der Waals surface area contributed by atoms with Crippen LogP contribution in [0, 0.1) is 0 Å². The molecule has 0 unspecified atom stereocenters. The summed E-state index contributed by atoms with van der Waals surface area (Å²) < 4.78 is 12.7. The highest BCUT2D eigenvalue weighted by molar-refractivity contribution is 8.01. The van der Waals surface area contributed by atoms with E-state index in [0.717, 1.165) is 22.0 Å². The van der Waals surface area contributed by atoms with E-state index >= 15 is 0 Å². The minimum Gasteiger partial charge on any atom is -0.497 e. The fraction of sp³-hybridized carbons (Fsp3) is 0.263. The lowest BCUT2D eigenvalue weighted by atomic mass is 10.2. The Morgan fingerprint density at radius 2 is 2.04 bits per heavy atom. The van der Waals surface area contributed by atoms with Crippen LogP contribution in [-0.2, 0) is 4.79 Å². The molecule has 1 aromatic heterocycles. The van der Waals surface area contributed by atoms with Crippen molar-refractivity contribution in [1.29, 1.82) is 0 Å². The van der Waals surface area contributed by atoms with Gasteiger partial charge in [0.1, 0.15) is 11.5 Å². The van der Waals surface area contributed by atoms with Crippen LogP contribution >= 0.6 is 23.1 Å². The predicted octanol–water partition coefficient (Wildman–Crippen LogP) is 4.82. The molecule has 1 amide bonds. The first-order valence-corrected chi connectivity index (χ1v) is 10.00. The second kappa shape index (κ2) is 8.91. The monoisotopic (exact) mass is 388 g/mol. The third-order valence-corrected chi connectivity index (χ3v) is 5.99. The number of anilines is 1. The summed E-state index contributed by atoms with van der Waals surface area (Å²) in [6.07, 6.45) is 1.22. The SMILES string of the molecule is COc1ccc(OC)c(NC(=O)CCCSc2nc3ccccc3s2)c1. The van der Waals surface area contributed by atoms with Gasteiger partial charge in [-0.25, -0.2) is 4.98 Å². The summed E-state index contributed by atoms with van der Waals surface area (Å²) in [5.41, 5.74) is 1.65. The van der Waals surface area contributed by atoms with Gasteiger partial charge in [0.2, 0.25) is 5.91 Å². The van der Waals surface area contributed by atoms with Gasteiger partial charge in [0.05, 0.1) is 30.1 Å². The number of nitrogens with one attached hydrogen (secondary N) is 1. The molecule has 1 N–H and O–H groups in total. The second-order valence-corrected chi connectivity index (χ2v) is 7.89. The van der Waals surface area contributed by atoms with Crippen LogP contribution in [0.2, 0.25) is 0 Å². The van der Waals surface area contributed by atoms with Crippen molar-refractivity contribution < 1.29 is 14.3 Å². The zero-order valence-corrected chi connectivity index (χ0v) is 16.3. The lowest BCUT2D eigenvalue weighted by Crippen LogP contribution is -2.12. The van der Waals surface area contributed by atoms with Crippen molar-refractivity contribution in [3.63, 3.8) is 0 Å². The first kappa shape index (κ1) is 18.5. The molecule has 3 rings (SSSR count). The van der Waals surface area contributed by atoms with Gasteiger partial charge in [0.15, 0.2) is 4.34 Å². The van der Waals surface area contributed by atoms with Crippen LogP contribution in [0.1, 0.15) is 12.8 Å². The molecular weight excluding hydrogens is 368 g/mol. The molecule has 0 radical (unpaired) electrons. The molecule has 0 aliphatic rings. The number of hydrogen-bond acceptors (Lipinski definition) is 6. The highest BCUT2D eigenvalue weighted by atomic mass is 32.2. The number of hydrogen-bond donors (Lipinski definition) is 1. The summed E-state index contributed by atoms with van der Waals surface area (Å²) in [4.78, 5) is 16.8. The van der Waals surface area contributed by atoms with Crippen LogP contribution in [0.25, 0.3) is 10.2 Å². The molecule has 0 saturated heterocycles. The van der Waals surface area contributed by atoms with Gasteiger partial charge in [0, 0.05) is 18.2 Å². The fourth-order valence-corrected chi connectivity index (χ4v) is 4.51. The maximum Gasteiger partial charge on any atom is 0.224 e. The van der Waals surface area contributed by atoms with E-state index in [1.54, 1.807) is 55.5 Å². The smallest absolute Gasteiger partial charge is 0.224 e. The molecule has 26 heavy (non-hydrogen) atoms. The van der Waals surface area contributed by atoms with Crippen molar-refractivity contribution in [3.8, 4) is 11.5 Å². The quantitative estimate of drug-likeness (QED) is 0.443. The van der Waals surface area contributed by atoms with E-state index in [-0.39, 0.29) is 5.91 Å². The Hall–Kier alpha value is -2.25. The summed E-state index contributed by atoms with van der Waals surface area (Å²) in [5, 5.41) is 2.89. The summed E-state index contributed by atoms with van der Waals surface area (Å²) in [5.74, 6) is 2.10. The summed E-state index contributed by atoms with van der Waals surface area (Å²) in [7, 11) is 3.17. The molecule has 0 spiro atoms. The Labute approximate surface area is 160 Å². The third-order valence-electron chi connectivity index (χ3n) is 3.73. The van der Waals surface area contributed by atoms with Crippen molar-refractivity contribution in [2.45, 2.75) is 17.2 Å². The van der Waals surface area contributed by atoms with E-state index in [4.69, 9.17) is 9.47 Å². The number of benzene rings is 2. The number of ether oxygens (including phenoxy) is 2. The standard InChI is InChI=1S/C19H20N2O3S2/c1-23-13-9-10-16(24-2)15(12-13)20-18(22)8-5-11-25-19-21-14-6-3-4-7-17(14)26-19/h3-4,6-7,9-10,12H,5,8,11H2,1-2H3,(H,20,22). The Morgan fingerprint density at radius 1 is 1.19 bits per heavy atom. The lowest BCUT2D eigenvalue weighted by molar-refractivity contribution is -0.116. The summed E-state index contributed by atoms with van der Waals surface area (Å²) in [6.45, 7) is 0. The molecule has 7 heteroatoms. The first-order valence-electron chi connectivity index (χ1n) is 8.20. The molecular formula is C19H20N2O3S2. The van der Waals surface area contributed by atoms with Gasteiger partial charge in [-0.05, 0) is 30.7 Å². The van der Waals surface area contributed by atoms with Crippen LogP contribution in [-0.4, -0.2) is 30.9 Å². The Balaban J connectivity index is 1.48. The Morgan fingerprint density at radius 3 is 2.81 bits per heavy atom. The van der Waals surface area contributed by atoms with Gasteiger partial charge < -0.3 is 14.8 Å². The number of methoxy groups -OCH3 is 2. The summed E-state index contributed by atoms with van der Waals surface area (Å²) >= 11 is 3.38. The number of para-hydroxylation sites is 1. The fourth-order valence-electron chi connectivity index (χ4n) is 2.43. The first-order chi connectivity index (χ1) is 12.7. The largest absolute Gasteiger partial charge is 0.497 e. The van der Waals surface area contributed by atoms with E-state index in [1.807, 2.05) is 18.2 Å². The van der Waals surface area contributed by atoms with Crippen molar-refractivity contribution in [3.05, 3.63) is 42.5 Å². The van der Waals surface area contributed by atoms with Gasteiger partial charge in [-0.1, -0.05) is 23.9 Å². The number of carbonyl (C=O) groups is 1. The number of rotatable bonds is 8. The molecule has 3 aromatic rings. The highest BCUT2D eigenvalue weighted by Crippen LogP contribution is 2.31. The van der Waals surface area contributed by atoms with Gasteiger partial charge in [-0.15, -0.1) is 11.3 Å². The number of thiazole rings is 1. The zero-order valence-electron chi connectivity index (χ0n) is 14.7. The number of fused-ring (bicyclic) bond motifs is 1. The van der Waals surface area contributed by atoms with E-state index in [2.05, 4.69) is 16.4 Å². The number of aromatic nitrogens is 1.